The Morgan fingerprint density at radius 1 is 1.44 bits per heavy atom. The molecule has 1 atom stereocenters. The molecule has 1 rings (SSSR count). The highest BCUT2D eigenvalue weighted by atomic mass is 32.2. The van der Waals surface area contributed by atoms with Crippen LogP contribution in [0.3, 0.4) is 0 Å². The van der Waals surface area contributed by atoms with E-state index in [1.807, 2.05) is 6.07 Å². The smallest absolute Gasteiger partial charge is 0.123 e. The molecule has 1 aromatic rings. The van der Waals surface area contributed by atoms with Gasteiger partial charge in [0, 0.05) is 30.3 Å². The third kappa shape index (κ3) is 5.38. The number of halogens is 1. The first kappa shape index (κ1) is 15.5. The summed E-state index contributed by atoms with van der Waals surface area (Å²) in [4.78, 5) is 1.16. The lowest BCUT2D eigenvalue weighted by molar-refractivity contribution is 0.199. The van der Waals surface area contributed by atoms with Crippen molar-refractivity contribution in [3.8, 4) is 0 Å². The normalized spacial score (nSPS) is 12.7. The van der Waals surface area contributed by atoms with Gasteiger partial charge in [0.15, 0.2) is 0 Å². The number of methoxy groups -OCH3 is 1. The summed E-state index contributed by atoms with van der Waals surface area (Å²) in [5.41, 5.74) is 1.02. The number of rotatable bonds is 8. The molecule has 0 aliphatic rings. The Morgan fingerprint density at radius 2 is 2.22 bits per heavy atom. The molecule has 1 aromatic carbocycles. The highest BCUT2D eigenvalue weighted by Crippen LogP contribution is 2.28. The van der Waals surface area contributed by atoms with Crippen molar-refractivity contribution in [2.45, 2.75) is 37.0 Å². The van der Waals surface area contributed by atoms with E-state index in [0.717, 1.165) is 23.4 Å². The molecule has 0 heterocycles. The predicted molar refractivity (Wildman–Crippen MR) is 75.6 cm³/mol. The maximum absolute atomic E-state index is 13.3. The van der Waals surface area contributed by atoms with E-state index < -0.39 is 0 Å². The summed E-state index contributed by atoms with van der Waals surface area (Å²) in [6, 6.07) is 5.02. The second kappa shape index (κ2) is 8.51. The first-order chi connectivity index (χ1) is 8.67. The molecule has 0 aromatic heterocycles. The van der Waals surface area contributed by atoms with Crippen LogP contribution in [-0.4, -0.2) is 25.5 Å². The van der Waals surface area contributed by atoms with E-state index in [2.05, 4.69) is 19.2 Å². The van der Waals surface area contributed by atoms with Crippen LogP contribution in [0.2, 0.25) is 0 Å². The summed E-state index contributed by atoms with van der Waals surface area (Å²) in [7, 11) is 1.67. The van der Waals surface area contributed by atoms with Gasteiger partial charge in [-0.15, -0.1) is 11.8 Å². The summed E-state index contributed by atoms with van der Waals surface area (Å²) in [6.45, 7) is 6.48. The van der Waals surface area contributed by atoms with E-state index in [-0.39, 0.29) is 5.82 Å². The molecule has 102 valence electrons. The van der Waals surface area contributed by atoms with Crippen molar-refractivity contribution in [2.75, 3.05) is 20.3 Å². The molecule has 0 saturated heterocycles. The molecule has 0 fully saturated rings. The summed E-state index contributed by atoms with van der Waals surface area (Å²) in [5, 5.41) is 3.81. The molecule has 1 N–H and O–H groups in total. The van der Waals surface area contributed by atoms with Crippen LogP contribution < -0.4 is 5.32 Å². The Balaban J connectivity index is 2.64. The van der Waals surface area contributed by atoms with Crippen molar-refractivity contribution < 1.29 is 9.13 Å². The van der Waals surface area contributed by atoms with Crippen LogP contribution >= 0.6 is 11.8 Å². The molecule has 0 saturated carbocycles. The van der Waals surface area contributed by atoms with Gasteiger partial charge in [-0.1, -0.05) is 13.8 Å². The number of ether oxygens (including phenoxy) is 1. The van der Waals surface area contributed by atoms with Crippen LogP contribution in [0, 0.1) is 5.82 Å². The number of nitrogens with one attached hydrogen (secondary N) is 1. The lowest BCUT2D eigenvalue weighted by atomic mass is 10.2. The second-order valence-corrected chi connectivity index (χ2v) is 5.74. The lowest BCUT2D eigenvalue weighted by Gasteiger charge is -2.13. The first-order valence-electron chi connectivity index (χ1n) is 6.32. The quantitative estimate of drug-likeness (QED) is 0.578. The Kier molecular flexibility index (Phi) is 7.32. The van der Waals surface area contributed by atoms with Crippen molar-refractivity contribution >= 4 is 11.8 Å². The minimum absolute atomic E-state index is 0.174. The van der Waals surface area contributed by atoms with Crippen LogP contribution in [-0.2, 0) is 11.3 Å². The lowest BCUT2D eigenvalue weighted by Crippen LogP contribution is -2.19. The highest BCUT2D eigenvalue weighted by molar-refractivity contribution is 8.00. The predicted octanol–water partition coefficient (Wildman–Crippen LogP) is 3.45. The average molecular weight is 271 g/mol. The molecule has 0 bridgehead atoms. The van der Waals surface area contributed by atoms with Gasteiger partial charge < -0.3 is 10.1 Å². The fourth-order valence-electron chi connectivity index (χ4n) is 1.50. The van der Waals surface area contributed by atoms with Gasteiger partial charge in [-0.2, -0.15) is 0 Å². The van der Waals surface area contributed by atoms with Crippen molar-refractivity contribution in [1.82, 2.24) is 5.32 Å². The van der Waals surface area contributed by atoms with Crippen LogP contribution in [0.5, 0.6) is 0 Å². The Hall–Kier alpha value is -0.580. The van der Waals surface area contributed by atoms with E-state index in [1.165, 1.54) is 6.07 Å². The van der Waals surface area contributed by atoms with Gasteiger partial charge in [-0.3, -0.25) is 0 Å². The van der Waals surface area contributed by atoms with Crippen LogP contribution in [0.25, 0.3) is 0 Å². The van der Waals surface area contributed by atoms with Crippen LogP contribution in [0.4, 0.5) is 4.39 Å². The van der Waals surface area contributed by atoms with Gasteiger partial charge in [-0.25, -0.2) is 4.39 Å². The molecular weight excluding hydrogens is 249 g/mol. The molecule has 4 heteroatoms. The van der Waals surface area contributed by atoms with E-state index >= 15 is 0 Å². The summed E-state index contributed by atoms with van der Waals surface area (Å²) in [6.07, 6.45) is 1.11. The third-order valence-electron chi connectivity index (χ3n) is 2.72. The van der Waals surface area contributed by atoms with Crippen molar-refractivity contribution in [3.63, 3.8) is 0 Å². The topological polar surface area (TPSA) is 21.3 Å². The second-order valence-electron chi connectivity index (χ2n) is 4.26. The Morgan fingerprint density at radius 3 is 2.89 bits per heavy atom. The maximum Gasteiger partial charge on any atom is 0.123 e. The molecule has 0 aliphatic carbocycles. The fraction of sp³-hybridized carbons (Fsp3) is 0.571. The molecule has 0 aliphatic heterocycles. The molecule has 2 nitrogen and oxygen atoms in total. The SMILES string of the molecule is CCC(C)Sc1ccc(F)cc1CNCCOC. The molecule has 0 spiro atoms. The van der Waals surface area contributed by atoms with Gasteiger partial charge in [0.1, 0.15) is 5.82 Å². The Labute approximate surface area is 113 Å². The monoisotopic (exact) mass is 271 g/mol. The Bertz CT molecular complexity index is 360. The first-order valence-corrected chi connectivity index (χ1v) is 7.20. The van der Waals surface area contributed by atoms with E-state index in [4.69, 9.17) is 4.74 Å². The number of hydrogen-bond donors (Lipinski definition) is 1. The maximum atomic E-state index is 13.3. The summed E-state index contributed by atoms with van der Waals surface area (Å²) < 4.78 is 18.3. The number of hydrogen-bond acceptors (Lipinski definition) is 3. The molecule has 0 radical (unpaired) electrons. The van der Waals surface area contributed by atoms with Gasteiger partial charge in [0.05, 0.1) is 6.61 Å². The number of thioether (sulfide) groups is 1. The van der Waals surface area contributed by atoms with E-state index in [1.54, 1.807) is 24.9 Å². The molecular formula is C14H22FNOS. The molecule has 18 heavy (non-hydrogen) atoms. The van der Waals surface area contributed by atoms with E-state index in [9.17, 15) is 4.39 Å². The standard InChI is InChI=1S/C14H22FNOS/c1-4-11(2)18-14-6-5-13(15)9-12(14)10-16-7-8-17-3/h5-6,9,11,16H,4,7-8,10H2,1-3H3. The third-order valence-corrected chi connectivity index (χ3v) is 4.11. The van der Waals surface area contributed by atoms with Gasteiger partial charge in [0.25, 0.3) is 0 Å². The van der Waals surface area contributed by atoms with Crippen LogP contribution in [0.1, 0.15) is 25.8 Å². The highest BCUT2D eigenvalue weighted by Gasteiger charge is 2.08. The minimum Gasteiger partial charge on any atom is -0.383 e. The largest absolute Gasteiger partial charge is 0.383 e. The zero-order valence-corrected chi connectivity index (χ0v) is 12.1. The van der Waals surface area contributed by atoms with E-state index in [0.29, 0.717) is 18.4 Å². The van der Waals surface area contributed by atoms with Crippen molar-refractivity contribution in [3.05, 3.63) is 29.6 Å². The fourth-order valence-corrected chi connectivity index (χ4v) is 2.53. The zero-order valence-electron chi connectivity index (χ0n) is 11.3. The van der Waals surface area contributed by atoms with Gasteiger partial charge in [0.2, 0.25) is 0 Å². The summed E-state index contributed by atoms with van der Waals surface area (Å²) in [5.74, 6) is -0.174. The van der Waals surface area contributed by atoms with Crippen molar-refractivity contribution in [2.24, 2.45) is 0 Å². The molecule has 1 unspecified atom stereocenters. The number of benzene rings is 1. The van der Waals surface area contributed by atoms with Crippen LogP contribution in [0.15, 0.2) is 23.1 Å². The van der Waals surface area contributed by atoms with Gasteiger partial charge >= 0.3 is 0 Å². The molecule has 0 amide bonds. The zero-order chi connectivity index (χ0) is 13.4. The average Bonchev–Trinajstić information content (AvgIpc) is 2.37. The van der Waals surface area contributed by atoms with Crippen molar-refractivity contribution in [1.29, 1.82) is 0 Å². The minimum atomic E-state index is -0.174. The summed E-state index contributed by atoms with van der Waals surface area (Å²) >= 11 is 1.80. The van der Waals surface area contributed by atoms with Gasteiger partial charge in [-0.05, 0) is 30.2 Å².